The molecule has 1 saturated heterocycles. The third-order valence-corrected chi connectivity index (χ3v) is 6.77. The third kappa shape index (κ3) is 4.30. The second-order valence-electron chi connectivity index (χ2n) is 7.21. The number of piperazine rings is 1. The van der Waals surface area contributed by atoms with Crippen molar-refractivity contribution in [2.24, 2.45) is 0 Å². The predicted molar refractivity (Wildman–Crippen MR) is 109 cm³/mol. The molecule has 0 saturated carbocycles. The summed E-state index contributed by atoms with van der Waals surface area (Å²) < 4.78 is 27.3. The highest BCUT2D eigenvalue weighted by Gasteiger charge is 2.38. The zero-order chi connectivity index (χ0) is 23.8. The Morgan fingerprint density at radius 2 is 1.88 bits per heavy atom. The van der Waals surface area contributed by atoms with Gasteiger partial charge in [0.15, 0.2) is 4.90 Å². The number of amides is 2. The molecular formula is C18H19N5O8S. The van der Waals surface area contributed by atoms with Crippen LogP contribution >= 0.6 is 0 Å². The number of nitro groups is 1. The Balaban J connectivity index is 1.80. The quantitative estimate of drug-likeness (QED) is 0.438. The van der Waals surface area contributed by atoms with Crippen LogP contribution in [0.25, 0.3) is 0 Å². The molecule has 3 rings (SSSR count). The Kier molecular flexibility index (Phi) is 5.98. The Bertz CT molecular complexity index is 1340. The van der Waals surface area contributed by atoms with Gasteiger partial charge in [0.2, 0.25) is 5.91 Å². The molecule has 1 fully saturated rings. The predicted octanol–water partition coefficient (Wildman–Crippen LogP) is -0.879. The van der Waals surface area contributed by atoms with E-state index in [1.807, 2.05) is 0 Å². The summed E-state index contributed by atoms with van der Waals surface area (Å²) in [6.07, 6.45) is 1.21. The van der Waals surface area contributed by atoms with Crippen LogP contribution in [0, 0.1) is 24.0 Å². The molecule has 2 heterocycles. The van der Waals surface area contributed by atoms with Gasteiger partial charge >= 0.3 is 5.69 Å². The number of nitrogens with one attached hydrogen (secondary N) is 1. The monoisotopic (exact) mass is 465 g/mol. The molecule has 0 spiro atoms. The van der Waals surface area contributed by atoms with Crippen molar-refractivity contribution in [2.45, 2.75) is 25.3 Å². The molecule has 32 heavy (non-hydrogen) atoms. The van der Waals surface area contributed by atoms with Crippen LogP contribution in [0.15, 0.2) is 38.9 Å². The molecule has 1 aliphatic rings. The van der Waals surface area contributed by atoms with Crippen molar-refractivity contribution in [3.8, 4) is 0 Å². The Morgan fingerprint density at radius 1 is 1.19 bits per heavy atom. The number of aryl methyl sites for hydroxylation is 2. The summed E-state index contributed by atoms with van der Waals surface area (Å²) in [7, 11) is -4.52. The van der Waals surface area contributed by atoms with Crippen molar-refractivity contribution in [1.29, 1.82) is 0 Å². The number of sulfonamides is 1. The number of rotatable bonds is 5. The van der Waals surface area contributed by atoms with E-state index in [2.05, 4.69) is 4.98 Å². The lowest BCUT2D eigenvalue weighted by molar-refractivity contribution is -0.387. The third-order valence-electron chi connectivity index (χ3n) is 4.90. The highest BCUT2D eigenvalue weighted by Crippen LogP contribution is 2.28. The van der Waals surface area contributed by atoms with Crippen molar-refractivity contribution >= 4 is 27.5 Å². The van der Waals surface area contributed by atoms with Crippen molar-refractivity contribution < 1.29 is 22.9 Å². The van der Waals surface area contributed by atoms with Gasteiger partial charge in [-0.05, 0) is 25.5 Å². The van der Waals surface area contributed by atoms with E-state index in [1.165, 1.54) is 19.2 Å². The van der Waals surface area contributed by atoms with Crippen LogP contribution in [0.4, 0.5) is 5.69 Å². The average Bonchev–Trinajstić information content (AvgIpc) is 2.71. The van der Waals surface area contributed by atoms with Gasteiger partial charge in [0.1, 0.15) is 13.1 Å². The maximum atomic E-state index is 12.9. The van der Waals surface area contributed by atoms with E-state index in [-0.39, 0.29) is 12.1 Å². The number of H-pyrrole nitrogens is 1. The van der Waals surface area contributed by atoms with Gasteiger partial charge in [0, 0.05) is 24.4 Å². The maximum Gasteiger partial charge on any atom is 0.328 e. The van der Waals surface area contributed by atoms with Crippen LogP contribution in [0.5, 0.6) is 0 Å². The van der Waals surface area contributed by atoms with Crippen molar-refractivity contribution in [2.75, 3.05) is 19.6 Å². The van der Waals surface area contributed by atoms with E-state index in [9.17, 15) is 37.7 Å². The number of hydrogen-bond donors (Lipinski definition) is 1. The van der Waals surface area contributed by atoms with Crippen LogP contribution in [0.2, 0.25) is 0 Å². The van der Waals surface area contributed by atoms with Gasteiger partial charge in [0.05, 0.1) is 11.5 Å². The second kappa shape index (κ2) is 8.37. The smallest absolute Gasteiger partial charge is 0.328 e. The SMILES string of the molecule is Cc1ccc(S(=O)(=O)N2CCN(C(=O)Cn3cc(C)c(=O)[nH]c3=O)CC2=O)c([N+](=O)[O-])c1. The standard InChI is InChI=1S/C18H19N5O8S/c1-11-3-4-14(13(7-11)23(28)29)32(30,31)22-6-5-20(10-16(22)25)15(24)9-21-8-12(2)17(26)19-18(21)27/h3-4,7-8H,5-6,9-10H2,1-2H3,(H,19,26,27). The highest BCUT2D eigenvalue weighted by molar-refractivity contribution is 7.89. The van der Waals surface area contributed by atoms with Crippen molar-refractivity contribution in [3.05, 3.63) is 66.5 Å². The fraction of sp³-hybridized carbons (Fsp3) is 0.333. The first-order chi connectivity index (χ1) is 14.9. The normalized spacial score (nSPS) is 14.5. The molecule has 13 nitrogen and oxygen atoms in total. The highest BCUT2D eigenvalue weighted by atomic mass is 32.2. The Hall–Kier alpha value is -3.81. The number of benzene rings is 1. The summed E-state index contributed by atoms with van der Waals surface area (Å²) in [5.74, 6) is -1.57. The lowest BCUT2D eigenvalue weighted by Gasteiger charge is -2.33. The minimum atomic E-state index is -4.52. The van der Waals surface area contributed by atoms with Crippen LogP contribution in [-0.2, 0) is 26.2 Å². The molecule has 0 aliphatic carbocycles. The van der Waals surface area contributed by atoms with E-state index < -0.39 is 68.2 Å². The molecular weight excluding hydrogens is 446 g/mol. The second-order valence-corrected chi connectivity index (χ2v) is 9.04. The first-order valence-electron chi connectivity index (χ1n) is 9.30. The molecule has 1 N–H and O–H groups in total. The lowest BCUT2D eigenvalue weighted by Crippen LogP contribution is -2.54. The van der Waals surface area contributed by atoms with E-state index in [0.717, 1.165) is 21.6 Å². The molecule has 0 unspecified atom stereocenters. The van der Waals surface area contributed by atoms with Crippen molar-refractivity contribution in [3.63, 3.8) is 0 Å². The Morgan fingerprint density at radius 3 is 2.50 bits per heavy atom. The van der Waals surface area contributed by atoms with E-state index in [0.29, 0.717) is 9.87 Å². The largest absolute Gasteiger partial charge is 0.330 e. The van der Waals surface area contributed by atoms with E-state index in [4.69, 9.17) is 0 Å². The molecule has 1 aliphatic heterocycles. The first kappa shape index (κ1) is 22.9. The summed E-state index contributed by atoms with van der Waals surface area (Å²) in [6.45, 7) is 1.40. The molecule has 0 bridgehead atoms. The fourth-order valence-corrected chi connectivity index (χ4v) is 4.74. The summed E-state index contributed by atoms with van der Waals surface area (Å²) >= 11 is 0. The molecule has 2 amide bonds. The van der Waals surface area contributed by atoms with Gasteiger partial charge < -0.3 is 4.90 Å². The molecule has 1 aromatic carbocycles. The zero-order valence-corrected chi connectivity index (χ0v) is 17.9. The number of aromatic amines is 1. The summed E-state index contributed by atoms with van der Waals surface area (Å²) in [5, 5.41) is 11.3. The number of nitro benzene ring substituents is 1. The summed E-state index contributed by atoms with van der Waals surface area (Å²) in [4.78, 5) is 61.4. The van der Waals surface area contributed by atoms with Gasteiger partial charge in [-0.15, -0.1) is 0 Å². The van der Waals surface area contributed by atoms with Crippen LogP contribution in [0.1, 0.15) is 11.1 Å². The molecule has 2 aromatic rings. The minimum Gasteiger partial charge on any atom is -0.330 e. The number of carbonyl (C=O) groups is 2. The molecule has 0 atom stereocenters. The van der Waals surface area contributed by atoms with Crippen LogP contribution in [0.3, 0.4) is 0 Å². The van der Waals surface area contributed by atoms with E-state index in [1.54, 1.807) is 6.92 Å². The topological polar surface area (TPSA) is 173 Å². The fourth-order valence-electron chi connectivity index (χ4n) is 3.21. The molecule has 14 heteroatoms. The van der Waals surface area contributed by atoms with E-state index >= 15 is 0 Å². The van der Waals surface area contributed by atoms with Gasteiger partial charge in [0.25, 0.3) is 27.2 Å². The number of carbonyl (C=O) groups excluding carboxylic acids is 2. The number of hydrogen-bond acceptors (Lipinski definition) is 8. The zero-order valence-electron chi connectivity index (χ0n) is 17.1. The van der Waals surface area contributed by atoms with Gasteiger partial charge in [-0.1, -0.05) is 6.07 Å². The van der Waals surface area contributed by atoms with Gasteiger partial charge in [-0.3, -0.25) is 34.0 Å². The molecule has 0 radical (unpaired) electrons. The molecule has 170 valence electrons. The molecule has 1 aromatic heterocycles. The number of nitrogens with zero attached hydrogens (tertiary/aromatic N) is 4. The minimum absolute atomic E-state index is 0.166. The van der Waals surface area contributed by atoms with Gasteiger partial charge in [-0.2, -0.15) is 0 Å². The number of aromatic nitrogens is 2. The van der Waals surface area contributed by atoms with Gasteiger partial charge in [-0.25, -0.2) is 17.5 Å². The maximum absolute atomic E-state index is 12.9. The van der Waals surface area contributed by atoms with Crippen LogP contribution < -0.4 is 11.2 Å². The summed E-state index contributed by atoms with van der Waals surface area (Å²) in [5.41, 5.74) is -1.34. The Labute approximate surface area is 181 Å². The summed E-state index contributed by atoms with van der Waals surface area (Å²) in [6, 6.07) is 3.55. The lowest BCUT2D eigenvalue weighted by atomic mass is 10.2. The van der Waals surface area contributed by atoms with Crippen LogP contribution in [-0.4, -0.2) is 63.5 Å². The average molecular weight is 465 g/mol. The first-order valence-corrected chi connectivity index (χ1v) is 10.7. The van der Waals surface area contributed by atoms with Crippen molar-refractivity contribution in [1.82, 2.24) is 18.8 Å².